The van der Waals surface area contributed by atoms with E-state index in [9.17, 15) is 18.0 Å². The van der Waals surface area contributed by atoms with E-state index in [1.165, 1.54) is 12.2 Å². The predicted molar refractivity (Wildman–Crippen MR) is 68.3 cm³/mol. The van der Waals surface area contributed by atoms with E-state index in [0.717, 1.165) is 5.56 Å². The van der Waals surface area contributed by atoms with Crippen LogP contribution in [0.4, 0.5) is 13.2 Å². The Morgan fingerprint density at radius 3 is 2.37 bits per heavy atom. The van der Waals surface area contributed by atoms with Crippen LogP contribution in [0.2, 0.25) is 0 Å². The minimum absolute atomic E-state index is 0.112. The molecule has 0 aliphatic rings. The van der Waals surface area contributed by atoms with Crippen LogP contribution in [-0.2, 0) is 4.79 Å². The molecule has 0 N–H and O–H groups in total. The summed E-state index contributed by atoms with van der Waals surface area (Å²) in [4.78, 5) is 11.8. The van der Waals surface area contributed by atoms with Crippen molar-refractivity contribution in [2.45, 2.75) is 6.18 Å². The number of benzene rings is 1. The molecule has 1 aromatic rings. The van der Waals surface area contributed by atoms with Crippen LogP contribution in [0.15, 0.2) is 49.1 Å². The van der Waals surface area contributed by atoms with Gasteiger partial charge in [0.2, 0.25) is 0 Å². The van der Waals surface area contributed by atoms with Gasteiger partial charge in [-0.1, -0.05) is 48.6 Å². The van der Waals surface area contributed by atoms with Gasteiger partial charge in [0.1, 0.15) is 0 Å². The summed E-state index contributed by atoms with van der Waals surface area (Å²) in [7, 11) is 0. The first-order chi connectivity index (χ1) is 8.95. The summed E-state index contributed by atoms with van der Waals surface area (Å²) in [5, 5.41) is 0. The maximum atomic E-state index is 12.3. The molecule has 0 atom stereocenters. The van der Waals surface area contributed by atoms with Crippen LogP contribution in [0.3, 0.4) is 0 Å². The van der Waals surface area contributed by atoms with E-state index in [1.807, 2.05) is 30.3 Å². The van der Waals surface area contributed by atoms with Crippen molar-refractivity contribution in [3.63, 3.8) is 0 Å². The fourth-order valence-electron chi connectivity index (χ4n) is 1.46. The van der Waals surface area contributed by atoms with Gasteiger partial charge in [0.25, 0.3) is 0 Å². The first-order valence-electron chi connectivity index (χ1n) is 5.63. The van der Waals surface area contributed by atoms with E-state index >= 15 is 0 Å². The van der Waals surface area contributed by atoms with Gasteiger partial charge in [0.05, 0.1) is 0 Å². The van der Waals surface area contributed by atoms with Crippen LogP contribution in [0, 0.1) is 0 Å². The van der Waals surface area contributed by atoms with Crippen LogP contribution in [0.5, 0.6) is 0 Å². The number of alkyl halides is 3. The molecule has 1 rings (SSSR count). The van der Waals surface area contributed by atoms with Crippen molar-refractivity contribution < 1.29 is 18.0 Å². The summed E-state index contributed by atoms with van der Waals surface area (Å²) in [6, 6.07) is 9.12. The average molecular weight is 269 g/mol. The standard InChI is InChI=1S/C14H14F3NO/c1-2-10-18(13(19)14(15,16)17)11-6-9-12-7-4-3-5-8-12/h2-9H,1,10-11H2. The molecular formula is C14H14F3NO. The molecule has 0 heterocycles. The predicted octanol–water partition coefficient (Wildman–Crippen LogP) is 3.28. The number of rotatable bonds is 5. The summed E-state index contributed by atoms with van der Waals surface area (Å²) in [6.45, 7) is 3.09. The van der Waals surface area contributed by atoms with Gasteiger partial charge in [-0.3, -0.25) is 4.79 Å². The molecule has 0 bridgehead atoms. The van der Waals surface area contributed by atoms with Gasteiger partial charge in [-0.25, -0.2) is 0 Å². The highest BCUT2D eigenvalue weighted by Crippen LogP contribution is 2.18. The molecule has 0 fully saturated rings. The molecule has 0 saturated carbocycles. The molecule has 0 spiro atoms. The third-order valence-corrected chi connectivity index (χ3v) is 2.31. The fraction of sp³-hybridized carbons (Fsp3) is 0.214. The molecule has 0 aliphatic heterocycles. The maximum absolute atomic E-state index is 12.3. The Labute approximate surface area is 109 Å². The Morgan fingerprint density at radius 1 is 1.21 bits per heavy atom. The number of carbonyl (C=O) groups is 1. The largest absolute Gasteiger partial charge is 0.471 e. The lowest BCUT2D eigenvalue weighted by molar-refractivity contribution is -0.184. The number of nitrogens with zero attached hydrogens (tertiary/aromatic N) is 1. The zero-order valence-corrected chi connectivity index (χ0v) is 10.2. The van der Waals surface area contributed by atoms with Crippen molar-refractivity contribution in [2.24, 2.45) is 0 Å². The lowest BCUT2D eigenvalue weighted by Gasteiger charge is -2.20. The van der Waals surface area contributed by atoms with Gasteiger partial charge in [0.15, 0.2) is 0 Å². The quantitative estimate of drug-likeness (QED) is 0.751. The van der Waals surface area contributed by atoms with Gasteiger partial charge >= 0.3 is 12.1 Å². The van der Waals surface area contributed by atoms with Crippen LogP contribution in [-0.4, -0.2) is 30.1 Å². The van der Waals surface area contributed by atoms with Crippen molar-refractivity contribution in [1.82, 2.24) is 4.90 Å². The summed E-state index contributed by atoms with van der Waals surface area (Å²) in [5.74, 6) is -1.86. The van der Waals surface area contributed by atoms with E-state index in [1.54, 1.807) is 6.08 Å². The molecule has 1 aromatic carbocycles. The minimum atomic E-state index is -4.86. The molecule has 0 unspecified atom stereocenters. The van der Waals surface area contributed by atoms with Gasteiger partial charge < -0.3 is 4.90 Å². The molecule has 0 aromatic heterocycles. The Morgan fingerprint density at radius 2 is 1.84 bits per heavy atom. The Balaban J connectivity index is 2.67. The van der Waals surface area contributed by atoms with Crippen molar-refractivity contribution in [3.05, 3.63) is 54.6 Å². The fourth-order valence-corrected chi connectivity index (χ4v) is 1.46. The number of halogens is 3. The van der Waals surface area contributed by atoms with Crippen molar-refractivity contribution in [2.75, 3.05) is 13.1 Å². The van der Waals surface area contributed by atoms with Gasteiger partial charge in [0, 0.05) is 13.1 Å². The van der Waals surface area contributed by atoms with Gasteiger partial charge in [-0.15, -0.1) is 6.58 Å². The number of hydrogen-bond acceptors (Lipinski definition) is 1. The molecule has 0 radical (unpaired) electrons. The molecule has 2 nitrogen and oxygen atoms in total. The summed E-state index contributed by atoms with van der Waals surface area (Å²) in [6.07, 6.45) is -0.411. The Hall–Kier alpha value is -2.04. The van der Waals surface area contributed by atoms with E-state index < -0.39 is 12.1 Å². The monoisotopic (exact) mass is 269 g/mol. The van der Waals surface area contributed by atoms with Crippen molar-refractivity contribution >= 4 is 12.0 Å². The summed E-state index contributed by atoms with van der Waals surface area (Å²) < 4.78 is 37.0. The summed E-state index contributed by atoms with van der Waals surface area (Å²) >= 11 is 0. The molecule has 102 valence electrons. The minimum Gasteiger partial charge on any atom is -0.327 e. The smallest absolute Gasteiger partial charge is 0.327 e. The second kappa shape index (κ2) is 6.78. The van der Waals surface area contributed by atoms with Crippen LogP contribution >= 0.6 is 0 Å². The zero-order chi connectivity index (χ0) is 14.3. The number of carbonyl (C=O) groups excluding carboxylic acids is 1. The molecular weight excluding hydrogens is 255 g/mol. The molecule has 0 saturated heterocycles. The van der Waals surface area contributed by atoms with E-state index in [0.29, 0.717) is 4.90 Å². The molecule has 1 amide bonds. The maximum Gasteiger partial charge on any atom is 0.471 e. The van der Waals surface area contributed by atoms with Crippen molar-refractivity contribution in [1.29, 1.82) is 0 Å². The van der Waals surface area contributed by atoms with E-state index in [4.69, 9.17) is 0 Å². The lowest BCUT2D eigenvalue weighted by atomic mass is 10.2. The zero-order valence-electron chi connectivity index (χ0n) is 10.2. The first-order valence-corrected chi connectivity index (χ1v) is 5.63. The topological polar surface area (TPSA) is 20.3 Å². The van der Waals surface area contributed by atoms with E-state index in [2.05, 4.69) is 6.58 Å². The van der Waals surface area contributed by atoms with Crippen LogP contribution < -0.4 is 0 Å². The highest BCUT2D eigenvalue weighted by atomic mass is 19.4. The highest BCUT2D eigenvalue weighted by Gasteiger charge is 2.41. The second-order valence-electron chi connectivity index (χ2n) is 3.81. The average Bonchev–Trinajstić information content (AvgIpc) is 2.37. The molecule has 0 aliphatic carbocycles. The lowest BCUT2D eigenvalue weighted by Crippen LogP contribution is -2.41. The van der Waals surface area contributed by atoms with Crippen LogP contribution in [0.25, 0.3) is 6.08 Å². The van der Waals surface area contributed by atoms with Crippen LogP contribution in [0.1, 0.15) is 5.56 Å². The second-order valence-corrected chi connectivity index (χ2v) is 3.81. The summed E-state index contributed by atoms with van der Waals surface area (Å²) in [5.41, 5.74) is 0.862. The first kappa shape index (κ1) is 15.0. The third kappa shape index (κ3) is 4.99. The Bertz CT molecular complexity index is 452. The SMILES string of the molecule is C=CCN(CC=Cc1ccccc1)C(=O)C(F)(F)F. The molecule has 19 heavy (non-hydrogen) atoms. The highest BCUT2D eigenvalue weighted by molar-refractivity contribution is 5.82. The van der Waals surface area contributed by atoms with Gasteiger partial charge in [-0.2, -0.15) is 13.2 Å². The third-order valence-electron chi connectivity index (χ3n) is 2.31. The molecule has 5 heteroatoms. The normalized spacial score (nSPS) is 11.5. The van der Waals surface area contributed by atoms with Gasteiger partial charge in [-0.05, 0) is 5.56 Å². The Kier molecular flexibility index (Phi) is 5.36. The number of hydrogen-bond donors (Lipinski definition) is 0. The van der Waals surface area contributed by atoms with Crippen molar-refractivity contribution in [3.8, 4) is 0 Å². The number of amides is 1. The van der Waals surface area contributed by atoms with E-state index in [-0.39, 0.29) is 13.1 Å².